The first-order chi connectivity index (χ1) is 15.1. The van der Waals surface area contributed by atoms with E-state index >= 15 is 0 Å². The summed E-state index contributed by atoms with van der Waals surface area (Å²) < 4.78 is 13.5. The maximum absolute atomic E-state index is 13.5. The fourth-order valence-corrected chi connectivity index (χ4v) is 3.90. The molecule has 31 heavy (non-hydrogen) atoms. The Bertz CT molecular complexity index is 1090. The second kappa shape index (κ2) is 9.55. The molecule has 1 amide bonds. The first-order valence-corrected chi connectivity index (χ1v) is 10.5. The third-order valence-corrected chi connectivity index (χ3v) is 5.39. The zero-order chi connectivity index (χ0) is 21.6. The van der Waals surface area contributed by atoms with E-state index in [9.17, 15) is 14.0 Å². The van der Waals surface area contributed by atoms with Crippen molar-refractivity contribution in [3.8, 4) is 0 Å². The number of hydrogen-bond acceptors (Lipinski definition) is 4. The maximum atomic E-state index is 13.5. The third-order valence-electron chi connectivity index (χ3n) is 5.39. The first kappa shape index (κ1) is 20.8. The first-order valence-electron chi connectivity index (χ1n) is 10.5. The fraction of sp³-hybridized carbons (Fsp3) is 0.292. The Hall–Kier alpha value is -3.48. The lowest BCUT2D eigenvalue weighted by atomic mass is 10.0. The van der Waals surface area contributed by atoms with Crippen molar-refractivity contribution < 1.29 is 9.18 Å². The normalized spacial score (nSPS) is 14.4. The van der Waals surface area contributed by atoms with Gasteiger partial charge in [-0.05, 0) is 36.1 Å². The molecule has 1 saturated heterocycles. The smallest absolute Gasteiger partial charge is 0.252 e. The van der Waals surface area contributed by atoms with Crippen LogP contribution in [0.2, 0.25) is 0 Å². The van der Waals surface area contributed by atoms with Gasteiger partial charge in [0.1, 0.15) is 5.82 Å². The molecule has 1 unspecified atom stereocenters. The Morgan fingerprint density at radius 3 is 2.61 bits per heavy atom. The number of nitrogens with zero attached hydrogens (tertiary/aromatic N) is 2. The highest BCUT2D eigenvalue weighted by atomic mass is 19.1. The lowest BCUT2D eigenvalue weighted by Gasteiger charge is -2.21. The third kappa shape index (κ3) is 5.57. The number of nitrogens with one attached hydrogen (secondary N) is 2. The summed E-state index contributed by atoms with van der Waals surface area (Å²) in [6, 6.07) is 16.7. The van der Waals surface area contributed by atoms with Gasteiger partial charge in [-0.1, -0.05) is 42.5 Å². The molecule has 7 heteroatoms. The minimum atomic E-state index is -0.368. The number of halogens is 1. The van der Waals surface area contributed by atoms with Crippen molar-refractivity contribution in [3.63, 3.8) is 0 Å². The van der Waals surface area contributed by atoms with E-state index in [-0.39, 0.29) is 29.7 Å². The van der Waals surface area contributed by atoms with Crippen LogP contribution in [0.3, 0.4) is 0 Å². The van der Waals surface area contributed by atoms with Gasteiger partial charge >= 0.3 is 0 Å². The van der Waals surface area contributed by atoms with Crippen LogP contribution in [0.4, 0.5) is 10.3 Å². The molecule has 0 saturated carbocycles. The summed E-state index contributed by atoms with van der Waals surface area (Å²) in [7, 11) is 0. The highest BCUT2D eigenvalue weighted by molar-refractivity contribution is 5.79. The minimum absolute atomic E-state index is 0.0723. The number of aromatic nitrogens is 2. The zero-order valence-corrected chi connectivity index (χ0v) is 17.2. The molecule has 2 N–H and O–H groups in total. The van der Waals surface area contributed by atoms with Crippen LogP contribution in [0.1, 0.15) is 35.7 Å². The molecule has 2 heterocycles. The summed E-state index contributed by atoms with van der Waals surface area (Å²) in [5.41, 5.74) is 1.94. The Morgan fingerprint density at radius 1 is 1.10 bits per heavy atom. The highest BCUT2D eigenvalue weighted by Gasteiger charge is 2.19. The molecule has 2 aromatic carbocycles. The second-order valence-electron chi connectivity index (χ2n) is 7.80. The van der Waals surface area contributed by atoms with Crippen molar-refractivity contribution in [2.45, 2.75) is 31.7 Å². The average molecular weight is 420 g/mol. The summed E-state index contributed by atoms with van der Waals surface area (Å²) in [5.74, 6) is -0.00554. The van der Waals surface area contributed by atoms with Crippen LogP contribution in [-0.2, 0) is 17.6 Å². The van der Waals surface area contributed by atoms with Gasteiger partial charge in [0.15, 0.2) is 0 Å². The number of amides is 1. The molecule has 1 fully saturated rings. The zero-order valence-electron chi connectivity index (χ0n) is 17.2. The van der Waals surface area contributed by atoms with Gasteiger partial charge in [-0.15, -0.1) is 0 Å². The van der Waals surface area contributed by atoms with Gasteiger partial charge in [-0.3, -0.25) is 14.6 Å². The molecule has 4 rings (SSSR count). The molecule has 1 aliphatic rings. The molecule has 1 aromatic heterocycles. The molecule has 0 bridgehead atoms. The summed E-state index contributed by atoms with van der Waals surface area (Å²) in [5, 5.41) is 3.03. The van der Waals surface area contributed by atoms with Crippen molar-refractivity contribution in [1.82, 2.24) is 15.3 Å². The molecule has 0 radical (unpaired) electrons. The largest absolute Gasteiger partial charge is 0.349 e. The summed E-state index contributed by atoms with van der Waals surface area (Å²) in [4.78, 5) is 34.5. The Morgan fingerprint density at radius 2 is 1.87 bits per heavy atom. The standard InChI is InChI=1S/C24H25FN4O2/c25-19-10-6-7-17(13-19)14-22(30)27-21(18-8-2-1-3-9-18)15-20-16-23(31)28-24(26-20)29-11-4-5-12-29/h1-3,6-10,13,16,21H,4-5,11-12,14-15H2,(H,27,30)(H,26,28,31). The van der Waals surface area contributed by atoms with Gasteiger partial charge in [0.25, 0.3) is 5.56 Å². The molecule has 0 spiro atoms. The van der Waals surface area contributed by atoms with Gasteiger partial charge in [0.2, 0.25) is 11.9 Å². The Kier molecular flexibility index (Phi) is 6.40. The minimum Gasteiger partial charge on any atom is -0.349 e. The predicted octanol–water partition coefficient (Wildman–Crippen LogP) is 3.15. The van der Waals surface area contributed by atoms with Crippen LogP contribution in [0.15, 0.2) is 65.5 Å². The number of anilines is 1. The number of rotatable bonds is 7. The van der Waals surface area contributed by atoms with Crippen LogP contribution in [0.5, 0.6) is 0 Å². The molecular weight excluding hydrogens is 395 g/mol. The number of carbonyl (C=O) groups excluding carboxylic acids is 1. The monoisotopic (exact) mass is 420 g/mol. The number of benzene rings is 2. The molecule has 1 atom stereocenters. The lowest BCUT2D eigenvalue weighted by molar-refractivity contribution is -0.121. The van der Waals surface area contributed by atoms with E-state index in [1.807, 2.05) is 30.3 Å². The summed E-state index contributed by atoms with van der Waals surface area (Å²) in [6.45, 7) is 1.75. The number of H-pyrrole nitrogens is 1. The van der Waals surface area contributed by atoms with Crippen LogP contribution in [0.25, 0.3) is 0 Å². The Balaban J connectivity index is 1.54. The van der Waals surface area contributed by atoms with E-state index in [1.54, 1.807) is 12.1 Å². The van der Waals surface area contributed by atoms with Crippen molar-refractivity contribution in [2.24, 2.45) is 0 Å². The van der Waals surface area contributed by atoms with Crippen LogP contribution >= 0.6 is 0 Å². The fourth-order valence-electron chi connectivity index (χ4n) is 3.90. The molecule has 160 valence electrons. The topological polar surface area (TPSA) is 78.1 Å². The van der Waals surface area contributed by atoms with E-state index in [0.717, 1.165) is 31.5 Å². The SMILES string of the molecule is O=C(Cc1cccc(F)c1)NC(Cc1cc(=O)[nH]c(N2CCCC2)n1)c1ccccc1. The Labute approximate surface area is 180 Å². The van der Waals surface area contributed by atoms with Gasteiger partial charge in [-0.25, -0.2) is 9.37 Å². The van der Waals surface area contributed by atoms with Gasteiger partial charge in [-0.2, -0.15) is 0 Å². The predicted molar refractivity (Wildman–Crippen MR) is 117 cm³/mol. The van der Waals surface area contributed by atoms with Crippen molar-refractivity contribution in [1.29, 1.82) is 0 Å². The van der Waals surface area contributed by atoms with E-state index < -0.39 is 0 Å². The van der Waals surface area contributed by atoms with Crippen LogP contribution in [0, 0.1) is 5.82 Å². The number of carbonyl (C=O) groups is 1. The van der Waals surface area contributed by atoms with Crippen LogP contribution in [-0.4, -0.2) is 29.0 Å². The second-order valence-corrected chi connectivity index (χ2v) is 7.80. The van der Waals surface area contributed by atoms with Gasteiger partial charge < -0.3 is 10.2 Å². The maximum Gasteiger partial charge on any atom is 0.252 e. The van der Waals surface area contributed by atoms with E-state index in [2.05, 4.69) is 20.2 Å². The molecule has 3 aromatic rings. The lowest BCUT2D eigenvalue weighted by Crippen LogP contribution is -2.32. The van der Waals surface area contributed by atoms with E-state index in [0.29, 0.717) is 23.6 Å². The molecule has 0 aliphatic carbocycles. The van der Waals surface area contributed by atoms with Crippen molar-refractivity contribution >= 4 is 11.9 Å². The number of hydrogen-bond donors (Lipinski definition) is 2. The molecular formula is C24H25FN4O2. The van der Waals surface area contributed by atoms with E-state index in [1.165, 1.54) is 18.2 Å². The summed E-state index contributed by atoms with van der Waals surface area (Å²) >= 11 is 0. The van der Waals surface area contributed by atoms with Crippen LogP contribution < -0.4 is 15.8 Å². The van der Waals surface area contributed by atoms with Crippen molar-refractivity contribution in [3.05, 3.63) is 93.7 Å². The average Bonchev–Trinajstić information content (AvgIpc) is 3.29. The molecule has 1 aliphatic heterocycles. The van der Waals surface area contributed by atoms with Crippen molar-refractivity contribution in [2.75, 3.05) is 18.0 Å². The van der Waals surface area contributed by atoms with E-state index in [4.69, 9.17) is 0 Å². The quantitative estimate of drug-likeness (QED) is 0.616. The highest BCUT2D eigenvalue weighted by Crippen LogP contribution is 2.20. The number of aromatic amines is 1. The van der Waals surface area contributed by atoms with Gasteiger partial charge in [0, 0.05) is 25.6 Å². The molecule has 6 nitrogen and oxygen atoms in total. The summed E-state index contributed by atoms with van der Waals surface area (Å²) in [6.07, 6.45) is 2.61. The van der Waals surface area contributed by atoms with Gasteiger partial charge in [0.05, 0.1) is 18.2 Å².